The molecule has 3 rings (SSSR count). The molecule has 8 heteroatoms. The number of pyridine rings is 1. The SMILES string of the molecule is CCCCOc1ccc(-c2cc(C(CCCOC(C)C(F)(F)F)CCCC(=O)O)ccc2-c2ccccc2)nc1. The molecule has 0 aliphatic rings. The van der Waals surface area contributed by atoms with Gasteiger partial charge in [0.25, 0.3) is 0 Å². The Bertz CT molecular complexity index is 1180. The van der Waals surface area contributed by atoms with Crippen LogP contribution in [-0.2, 0) is 9.53 Å². The highest BCUT2D eigenvalue weighted by molar-refractivity contribution is 5.82. The van der Waals surface area contributed by atoms with E-state index in [2.05, 4.69) is 18.0 Å². The van der Waals surface area contributed by atoms with Gasteiger partial charge in [-0.3, -0.25) is 9.78 Å². The first-order valence-electron chi connectivity index (χ1n) is 13.9. The van der Waals surface area contributed by atoms with E-state index in [4.69, 9.17) is 14.6 Å². The highest BCUT2D eigenvalue weighted by Gasteiger charge is 2.36. The summed E-state index contributed by atoms with van der Waals surface area (Å²) in [5.74, 6) is -0.203. The Labute approximate surface area is 234 Å². The fourth-order valence-corrected chi connectivity index (χ4v) is 4.52. The van der Waals surface area contributed by atoms with Crippen LogP contribution in [-0.4, -0.2) is 41.6 Å². The number of aromatic nitrogens is 1. The molecular formula is C32H38F3NO4. The van der Waals surface area contributed by atoms with E-state index in [1.54, 1.807) is 6.20 Å². The molecule has 0 aliphatic heterocycles. The van der Waals surface area contributed by atoms with E-state index in [1.807, 2.05) is 54.6 Å². The quantitative estimate of drug-likeness (QED) is 0.179. The number of carbonyl (C=O) groups is 1. The largest absolute Gasteiger partial charge is 0.492 e. The third-order valence-electron chi connectivity index (χ3n) is 6.85. The van der Waals surface area contributed by atoms with Crippen molar-refractivity contribution in [2.24, 2.45) is 0 Å². The van der Waals surface area contributed by atoms with Gasteiger partial charge in [0.05, 0.1) is 18.5 Å². The summed E-state index contributed by atoms with van der Waals surface area (Å²) in [6.07, 6.45) is -0.389. The first kappa shape index (κ1) is 31.1. The monoisotopic (exact) mass is 557 g/mol. The lowest BCUT2D eigenvalue weighted by molar-refractivity contribution is -0.214. The first-order chi connectivity index (χ1) is 19.2. The van der Waals surface area contributed by atoms with Crippen molar-refractivity contribution in [2.45, 2.75) is 77.0 Å². The number of rotatable bonds is 16. The Balaban J connectivity index is 1.88. The minimum absolute atomic E-state index is 0.0217. The molecule has 1 aromatic heterocycles. The molecule has 0 radical (unpaired) electrons. The lowest BCUT2D eigenvalue weighted by Gasteiger charge is -2.21. The molecule has 0 spiro atoms. The summed E-state index contributed by atoms with van der Waals surface area (Å²) in [6.45, 7) is 3.72. The molecule has 0 saturated carbocycles. The maximum Gasteiger partial charge on any atom is 0.414 e. The summed E-state index contributed by atoms with van der Waals surface area (Å²) in [6, 6.07) is 19.9. The Morgan fingerprint density at radius 3 is 2.35 bits per heavy atom. The Hall–Kier alpha value is -3.39. The summed E-state index contributed by atoms with van der Waals surface area (Å²) in [4.78, 5) is 15.8. The van der Waals surface area contributed by atoms with E-state index in [0.717, 1.165) is 47.7 Å². The topological polar surface area (TPSA) is 68.7 Å². The maximum absolute atomic E-state index is 12.8. The number of carboxylic acid groups (broad SMARTS) is 1. The summed E-state index contributed by atoms with van der Waals surface area (Å²) in [7, 11) is 0. The van der Waals surface area contributed by atoms with Crippen LogP contribution in [0.25, 0.3) is 22.4 Å². The van der Waals surface area contributed by atoms with Crippen LogP contribution in [0.5, 0.6) is 5.75 Å². The van der Waals surface area contributed by atoms with Crippen LogP contribution in [0.3, 0.4) is 0 Å². The van der Waals surface area contributed by atoms with Crippen LogP contribution in [0.4, 0.5) is 13.2 Å². The van der Waals surface area contributed by atoms with Gasteiger partial charge in [-0.05, 0) is 79.8 Å². The van der Waals surface area contributed by atoms with Gasteiger partial charge in [-0.2, -0.15) is 13.2 Å². The molecule has 0 fully saturated rings. The number of benzene rings is 2. The van der Waals surface area contributed by atoms with Gasteiger partial charge in [-0.25, -0.2) is 0 Å². The van der Waals surface area contributed by atoms with Gasteiger partial charge in [0.2, 0.25) is 0 Å². The Morgan fingerprint density at radius 2 is 1.70 bits per heavy atom. The molecule has 0 bridgehead atoms. The molecule has 3 aromatic rings. The number of carboxylic acids is 1. The highest BCUT2D eigenvalue weighted by Crippen LogP contribution is 2.37. The smallest absolute Gasteiger partial charge is 0.414 e. The molecule has 0 amide bonds. The predicted octanol–water partition coefficient (Wildman–Crippen LogP) is 8.68. The number of unbranched alkanes of at least 4 members (excludes halogenated alkanes) is 1. The molecule has 5 nitrogen and oxygen atoms in total. The average Bonchev–Trinajstić information content (AvgIpc) is 2.94. The number of hydrogen-bond donors (Lipinski definition) is 1. The van der Waals surface area contributed by atoms with Crippen LogP contribution < -0.4 is 4.74 Å². The second-order valence-corrected chi connectivity index (χ2v) is 9.93. The van der Waals surface area contributed by atoms with Crippen molar-refractivity contribution in [3.05, 3.63) is 72.4 Å². The molecule has 1 N–H and O–H groups in total. The molecule has 0 aliphatic carbocycles. The van der Waals surface area contributed by atoms with Crippen molar-refractivity contribution < 1.29 is 32.5 Å². The van der Waals surface area contributed by atoms with Crippen molar-refractivity contribution in [3.8, 4) is 28.1 Å². The molecule has 216 valence electrons. The van der Waals surface area contributed by atoms with Gasteiger partial charge >= 0.3 is 12.1 Å². The van der Waals surface area contributed by atoms with Gasteiger partial charge in [0.1, 0.15) is 5.75 Å². The number of halogens is 3. The van der Waals surface area contributed by atoms with Gasteiger partial charge < -0.3 is 14.6 Å². The normalized spacial score (nSPS) is 13.1. The van der Waals surface area contributed by atoms with E-state index >= 15 is 0 Å². The fourth-order valence-electron chi connectivity index (χ4n) is 4.52. The average molecular weight is 558 g/mol. The van der Waals surface area contributed by atoms with E-state index in [-0.39, 0.29) is 18.9 Å². The van der Waals surface area contributed by atoms with E-state index in [0.29, 0.717) is 38.0 Å². The highest BCUT2D eigenvalue weighted by atomic mass is 19.4. The zero-order valence-electron chi connectivity index (χ0n) is 23.1. The van der Waals surface area contributed by atoms with Crippen molar-refractivity contribution in [1.82, 2.24) is 4.98 Å². The van der Waals surface area contributed by atoms with E-state index in [9.17, 15) is 18.0 Å². The lowest BCUT2D eigenvalue weighted by Crippen LogP contribution is -2.28. The summed E-state index contributed by atoms with van der Waals surface area (Å²) >= 11 is 0. The summed E-state index contributed by atoms with van der Waals surface area (Å²) < 4.78 is 49.3. The fraction of sp³-hybridized carbons (Fsp3) is 0.438. The maximum atomic E-state index is 12.8. The number of nitrogens with zero attached hydrogens (tertiary/aromatic N) is 1. The van der Waals surface area contributed by atoms with E-state index < -0.39 is 18.2 Å². The van der Waals surface area contributed by atoms with Crippen LogP contribution >= 0.6 is 0 Å². The number of hydrogen-bond acceptors (Lipinski definition) is 4. The van der Waals surface area contributed by atoms with Gasteiger partial charge in [-0.1, -0.05) is 55.8 Å². The Morgan fingerprint density at radius 1 is 0.950 bits per heavy atom. The first-order valence-corrected chi connectivity index (χ1v) is 13.9. The van der Waals surface area contributed by atoms with Crippen molar-refractivity contribution in [3.63, 3.8) is 0 Å². The second kappa shape index (κ2) is 15.4. The molecular weight excluding hydrogens is 519 g/mol. The molecule has 40 heavy (non-hydrogen) atoms. The van der Waals surface area contributed by atoms with Crippen LogP contribution in [0, 0.1) is 0 Å². The van der Waals surface area contributed by atoms with Gasteiger partial charge in [0, 0.05) is 18.6 Å². The minimum atomic E-state index is -4.40. The van der Waals surface area contributed by atoms with Crippen LogP contribution in [0.15, 0.2) is 66.9 Å². The second-order valence-electron chi connectivity index (χ2n) is 9.93. The molecule has 2 unspecified atom stereocenters. The minimum Gasteiger partial charge on any atom is -0.492 e. The molecule has 2 atom stereocenters. The van der Waals surface area contributed by atoms with Crippen LogP contribution in [0.2, 0.25) is 0 Å². The summed E-state index contributed by atoms with van der Waals surface area (Å²) in [5.41, 5.74) is 4.73. The van der Waals surface area contributed by atoms with Crippen molar-refractivity contribution >= 4 is 5.97 Å². The Kier molecular flexibility index (Phi) is 12.0. The zero-order chi connectivity index (χ0) is 29.0. The van der Waals surface area contributed by atoms with Crippen molar-refractivity contribution in [1.29, 1.82) is 0 Å². The molecule has 1 heterocycles. The number of alkyl halides is 3. The molecule has 2 aromatic carbocycles. The lowest BCUT2D eigenvalue weighted by atomic mass is 9.86. The third kappa shape index (κ3) is 9.66. The molecule has 0 saturated heterocycles. The van der Waals surface area contributed by atoms with E-state index in [1.165, 1.54) is 0 Å². The predicted molar refractivity (Wildman–Crippen MR) is 150 cm³/mol. The standard InChI is InChI=1S/C32H38F3NO4/c1-3-4-19-40-27-16-18-30(36-22-27)29-21-26(15-17-28(29)25-10-6-5-7-11-25)24(12-8-14-31(37)38)13-9-20-39-23(2)32(33,34)35/h5-7,10-11,15-18,21-24H,3-4,8-9,12-14,19-20H2,1-2H3,(H,37,38). The third-order valence-corrected chi connectivity index (χ3v) is 6.85. The van der Waals surface area contributed by atoms with Gasteiger partial charge in [-0.15, -0.1) is 0 Å². The van der Waals surface area contributed by atoms with Gasteiger partial charge in [0.15, 0.2) is 6.10 Å². The number of ether oxygens (including phenoxy) is 2. The summed E-state index contributed by atoms with van der Waals surface area (Å²) in [5, 5.41) is 9.15. The van der Waals surface area contributed by atoms with Crippen LogP contribution in [0.1, 0.15) is 70.3 Å². The number of aliphatic carboxylic acids is 1. The van der Waals surface area contributed by atoms with Crippen molar-refractivity contribution in [2.75, 3.05) is 13.2 Å². The zero-order valence-corrected chi connectivity index (χ0v) is 23.1.